The summed E-state index contributed by atoms with van der Waals surface area (Å²) in [6.07, 6.45) is -8.18. The average molecular weight is 605 g/mol. The van der Waals surface area contributed by atoms with Gasteiger partial charge < -0.3 is 52.1 Å². The first-order chi connectivity index (χ1) is 19.5. The first-order valence-electron chi connectivity index (χ1n) is 14.0. The molecule has 11 atom stereocenters. The van der Waals surface area contributed by atoms with Gasteiger partial charge in [-0.2, -0.15) is 0 Å². The SMILES string of the molecule is CC(=O)OC[C@H]1O[C@@H]2O[C@@](C)(O[C@@H]3C[C@H]4OC(C)(C)O[C@H]4O[C@@H]3C3COC(C)(C)O3)O[C@@H]2[C@@H](OC(C)=O)[C@@H]1OC(C)=O. The molecule has 5 rings (SSSR count). The first-order valence-corrected chi connectivity index (χ1v) is 14.0. The predicted molar refractivity (Wildman–Crippen MR) is 134 cm³/mol. The van der Waals surface area contributed by atoms with E-state index in [9.17, 15) is 14.4 Å². The lowest BCUT2D eigenvalue weighted by Gasteiger charge is -2.41. The Kier molecular flexibility index (Phi) is 8.63. The molecule has 0 N–H and O–H groups in total. The summed E-state index contributed by atoms with van der Waals surface area (Å²) >= 11 is 0. The second-order valence-electron chi connectivity index (χ2n) is 12.0. The van der Waals surface area contributed by atoms with Crippen molar-refractivity contribution < 1.29 is 71.2 Å². The fourth-order valence-electron chi connectivity index (χ4n) is 5.91. The van der Waals surface area contributed by atoms with Crippen LogP contribution in [0.4, 0.5) is 0 Å². The van der Waals surface area contributed by atoms with Gasteiger partial charge in [-0.15, -0.1) is 0 Å². The van der Waals surface area contributed by atoms with Gasteiger partial charge >= 0.3 is 17.9 Å². The summed E-state index contributed by atoms with van der Waals surface area (Å²) in [6.45, 7) is 12.3. The Labute approximate surface area is 243 Å². The van der Waals surface area contributed by atoms with Crippen LogP contribution < -0.4 is 0 Å². The van der Waals surface area contributed by atoms with Crippen molar-refractivity contribution in [2.75, 3.05) is 13.2 Å². The summed E-state index contributed by atoms with van der Waals surface area (Å²) in [5.74, 6) is -5.33. The van der Waals surface area contributed by atoms with E-state index in [1.807, 2.05) is 0 Å². The van der Waals surface area contributed by atoms with Crippen molar-refractivity contribution in [2.24, 2.45) is 0 Å². The van der Waals surface area contributed by atoms with Crippen molar-refractivity contribution in [2.45, 2.75) is 141 Å². The molecule has 5 aliphatic heterocycles. The maximum absolute atomic E-state index is 12.1. The minimum Gasteiger partial charge on any atom is -0.463 e. The Morgan fingerprint density at radius 3 is 2.00 bits per heavy atom. The third kappa shape index (κ3) is 6.89. The molecule has 0 aromatic heterocycles. The van der Waals surface area contributed by atoms with Crippen molar-refractivity contribution in [1.82, 2.24) is 0 Å². The van der Waals surface area contributed by atoms with Crippen LogP contribution in [0.2, 0.25) is 0 Å². The third-order valence-corrected chi connectivity index (χ3v) is 7.35. The molecule has 5 heterocycles. The van der Waals surface area contributed by atoms with Crippen molar-refractivity contribution in [1.29, 1.82) is 0 Å². The molecule has 0 aromatic rings. The molecular formula is C27H40O15. The minimum atomic E-state index is -1.74. The zero-order chi connectivity index (χ0) is 30.6. The van der Waals surface area contributed by atoms with Crippen LogP contribution in [0.5, 0.6) is 0 Å². The molecule has 15 heteroatoms. The molecule has 0 spiro atoms. The highest BCUT2D eigenvalue weighted by molar-refractivity contribution is 5.68. The van der Waals surface area contributed by atoms with Gasteiger partial charge in [0.2, 0.25) is 0 Å². The molecule has 0 aliphatic carbocycles. The molecule has 0 radical (unpaired) electrons. The van der Waals surface area contributed by atoms with Crippen molar-refractivity contribution >= 4 is 17.9 Å². The Morgan fingerprint density at radius 2 is 1.38 bits per heavy atom. The molecule has 0 aromatic carbocycles. The van der Waals surface area contributed by atoms with Crippen LogP contribution in [-0.2, 0) is 71.2 Å². The number of fused-ring (bicyclic) bond motifs is 2. The lowest BCUT2D eigenvalue weighted by Crippen LogP contribution is -2.60. The van der Waals surface area contributed by atoms with Gasteiger partial charge in [-0.3, -0.25) is 19.1 Å². The Morgan fingerprint density at radius 1 is 0.714 bits per heavy atom. The van der Waals surface area contributed by atoms with Gasteiger partial charge in [-0.25, -0.2) is 0 Å². The topological polar surface area (TPSA) is 162 Å². The largest absolute Gasteiger partial charge is 0.463 e. The maximum Gasteiger partial charge on any atom is 0.303 e. The fourth-order valence-corrected chi connectivity index (χ4v) is 5.91. The van der Waals surface area contributed by atoms with E-state index in [0.717, 1.165) is 0 Å². The summed E-state index contributed by atoms with van der Waals surface area (Å²) in [4.78, 5) is 35.6. The van der Waals surface area contributed by atoms with E-state index in [0.29, 0.717) is 6.42 Å². The van der Waals surface area contributed by atoms with E-state index in [1.165, 1.54) is 27.7 Å². The van der Waals surface area contributed by atoms with Crippen molar-refractivity contribution in [3.05, 3.63) is 0 Å². The molecule has 0 saturated carbocycles. The molecule has 42 heavy (non-hydrogen) atoms. The molecule has 1 unspecified atom stereocenters. The molecule has 15 nitrogen and oxygen atoms in total. The second-order valence-corrected chi connectivity index (χ2v) is 12.0. The molecule has 5 aliphatic rings. The second kappa shape index (κ2) is 11.5. The van der Waals surface area contributed by atoms with Crippen molar-refractivity contribution in [3.63, 3.8) is 0 Å². The number of hydrogen-bond donors (Lipinski definition) is 0. The molecular weight excluding hydrogens is 564 g/mol. The highest BCUT2D eigenvalue weighted by atomic mass is 16.9. The van der Waals surface area contributed by atoms with E-state index in [1.54, 1.807) is 27.7 Å². The maximum atomic E-state index is 12.1. The summed E-state index contributed by atoms with van der Waals surface area (Å²) in [6, 6.07) is 0. The van der Waals surface area contributed by atoms with Crippen LogP contribution in [0.1, 0.15) is 61.8 Å². The van der Waals surface area contributed by atoms with Crippen LogP contribution >= 0.6 is 0 Å². The number of carbonyl (C=O) groups excluding carboxylic acids is 3. The van der Waals surface area contributed by atoms with E-state index in [2.05, 4.69) is 0 Å². The number of carbonyl (C=O) groups is 3. The zero-order valence-corrected chi connectivity index (χ0v) is 25.0. The lowest BCUT2D eigenvalue weighted by molar-refractivity contribution is -0.382. The summed E-state index contributed by atoms with van der Waals surface area (Å²) in [5.41, 5.74) is 0. The molecule has 238 valence electrons. The van der Waals surface area contributed by atoms with Gasteiger partial charge in [0.15, 0.2) is 42.5 Å². The van der Waals surface area contributed by atoms with Gasteiger partial charge in [-0.1, -0.05) is 0 Å². The van der Waals surface area contributed by atoms with Gasteiger partial charge in [0.25, 0.3) is 5.97 Å². The van der Waals surface area contributed by atoms with E-state index >= 15 is 0 Å². The molecule has 5 saturated heterocycles. The van der Waals surface area contributed by atoms with E-state index < -0.39 is 96.9 Å². The molecule has 0 amide bonds. The van der Waals surface area contributed by atoms with Crippen LogP contribution in [0.3, 0.4) is 0 Å². The third-order valence-electron chi connectivity index (χ3n) is 7.35. The Hall–Kier alpha value is -1.95. The van der Waals surface area contributed by atoms with E-state index in [-0.39, 0.29) is 13.2 Å². The predicted octanol–water partition coefficient (Wildman–Crippen LogP) is 1.03. The number of esters is 3. The van der Waals surface area contributed by atoms with Gasteiger partial charge in [0.05, 0.1) is 12.7 Å². The normalized spacial score (nSPS) is 43.7. The van der Waals surface area contributed by atoms with Crippen LogP contribution in [0.15, 0.2) is 0 Å². The molecule has 0 bridgehead atoms. The minimum absolute atomic E-state index is 0.252. The number of hydrogen-bond acceptors (Lipinski definition) is 15. The Bertz CT molecular complexity index is 1050. The van der Waals surface area contributed by atoms with Crippen LogP contribution in [0.25, 0.3) is 0 Å². The van der Waals surface area contributed by atoms with Crippen molar-refractivity contribution in [3.8, 4) is 0 Å². The van der Waals surface area contributed by atoms with Gasteiger partial charge in [-0.05, 0) is 27.7 Å². The smallest absolute Gasteiger partial charge is 0.303 e. The summed E-state index contributed by atoms with van der Waals surface area (Å²) in [7, 11) is 0. The summed E-state index contributed by atoms with van der Waals surface area (Å²) < 4.78 is 71.2. The lowest BCUT2D eigenvalue weighted by atomic mass is 9.98. The average Bonchev–Trinajstić information content (AvgIpc) is 3.48. The van der Waals surface area contributed by atoms with Crippen LogP contribution in [0, 0.1) is 0 Å². The zero-order valence-electron chi connectivity index (χ0n) is 25.0. The first kappa shape index (κ1) is 31.5. The number of ether oxygens (including phenoxy) is 12. The quantitative estimate of drug-likeness (QED) is 0.299. The molecule has 5 fully saturated rings. The number of rotatable bonds is 7. The van der Waals surface area contributed by atoms with Gasteiger partial charge in [0.1, 0.15) is 31.0 Å². The monoisotopic (exact) mass is 604 g/mol. The standard InChI is InChI=1S/C27H40O15/c1-12(28)31-10-17-20(33-13(2)29)21(34-14(3)30)22-24(35-17)42-27(8,40-22)39-15-9-16-23(41-26(6,7)37-16)36-19(15)18-11-32-25(4,5)38-18/h15-24H,9-11H2,1-8H3/t15-,16-,17-,18?,19+,20-,21+,22-,23-,24-,27+/m1/s1. The highest BCUT2D eigenvalue weighted by Gasteiger charge is 2.62. The van der Waals surface area contributed by atoms with E-state index in [4.69, 9.17) is 56.8 Å². The van der Waals surface area contributed by atoms with Gasteiger partial charge in [0, 0.05) is 34.1 Å². The Balaban J connectivity index is 1.38. The fraction of sp³-hybridized carbons (Fsp3) is 0.889. The highest BCUT2D eigenvalue weighted by Crippen LogP contribution is 2.44. The summed E-state index contributed by atoms with van der Waals surface area (Å²) in [5, 5.41) is 0. The van der Waals surface area contributed by atoms with Crippen LogP contribution in [-0.4, -0.2) is 110 Å².